The zero-order valence-electron chi connectivity index (χ0n) is 18.4. The number of hydrogen-bond acceptors (Lipinski definition) is 3. The lowest BCUT2D eigenvalue weighted by atomic mass is 10.00. The number of rotatable bonds is 4. The van der Waals surface area contributed by atoms with E-state index in [-0.39, 0.29) is 17.5 Å². The molecule has 0 bridgehead atoms. The first-order chi connectivity index (χ1) is 16.5. The van der Waals surface area contributed by atoms with Crippen molar-refractivity contribution < 1.29 is 4.79 Å². The fourth-order valence-electron chi connectivity index (χ4n) is 4.66. The van der Waals surface area contributed by atoms with Crippen LogP contribution in [0.2, 0.25) is 10.0 Å². The van der Waals surface area contributed by atoms with Crippen LogP contribution in [0.25, 0.3) is 10.9 Å². The van der Waals surface area contributed by atoms with Crippen molar-refractivity contribution in [2.45, 2.75) is 12.5 Å². The van der Waals surface area contributed by atoms with Crippen molar-refractivity contribution in [1.29, 1.82) is 0 Å². The minimum absolute atomic E-state index is 0.0330. The molecule has 5 nitrogen and oxygen atoms in total. The summed E-state index contributed by atoms with van der Waals surface area (Å²) in [4.78, 5) is 32.8. The van der Waals surface area contributed by atoms with Gasteiger partial charge in [0.1, 0.15) is 0 Å². The van der Waals surface area contributed by atoms with Gasteiger partial charge in [-0.25, -0.2) is 0 Å². The zero-order valence-corrected chi connectivity index (χ0v) is 19.9. The van der Waals surface area contributed by atoms with Gasteiger partial charge in [-0.15, -0.1) is 0 Å². The lowest BCUT2D eigenvalue weighted by Crippen LogP contribution is -2.55. The van der Waals surface area contributed by atoms with Crippen LogP contribution in [0.3, 0.4) is 0 Å². The quantitative estimate of drug-likeness (QED) is 0.415. The zero-order chi connectivity index (χ0) is 23.7. The molecule has 1 aliphatic heterocycles. The molecule has 1 amide bonds. The van der Waals surface area contributed by atoms with Gasteiger partial charge < -0.3 is 14.8 Å². The number of halogens is 2. The number of aromatic amines is 1. The first-order valence-electron chi connectivity index (χ1n) is 11.2. The van der Waals surface area contributed by atoms with Crippen LogP contribution in [-0.4, -0.2) is 41.5 Å². The van der Waals surface area contributed by atoms with Gasteiger partial charge in [-0.1, -0.05) is 71.7 Å². The number of anilines is 1. The third kappa shape index (κ3) is 4.54. The molecule has 5 rings (SSSR count). The van der Waals surface area contributed by atoms with E-state index in [1.807, 2.05) is 59.5 Å². The molecular weight excluding hydrogens is 469 g/mol. The van der Waals surface area contributed by atoms with Crippen LogP contribution in [-0.2, 0) is 6.42 Å². The maximum absolute atomic E-state index is 13.6. The average molecular weight is 492 g/mol. The number of pyridine rings is 1. The summed E-state index contributed by atoms with van der Waals surface area (Å²) < 4.78 is 0. The maximum atomic E-state index is 13.6. The van der Waals surface area contributed by atoms with Gasteiger partial charge in [-0.2, -0.15) is 0 Å². The number of carbonyl (C=O) groups excluding carboxylic acids is 1. The van der Waals surface area contributed by atoms with Gasteiger partial charge >= 0.3 is 0 Å². The van der Waals surface area contributed by atoms with Crippen LogP contribution in [0.15, 0.2) is 83.7 Å². The van der Waals surface area contributed by atoms with E-state index in [2.05, 4.69) is 22.0 Å². The summed E-state index contributed by atoms with van der Waals surface area (Å²) in [5.41, 5.74) is 2.98. The molecule has 0 aliphatic carbocycles. The minimum Gasteiger partial charge on any atom is -0.365 e. The summed E-state index contributed by atoms with van der Waals surface area (Å²) in [6.07, 6.45) is 0.765. The number of benzene rings is 3. The molecule has 172 valence electrons. The van der Waals surface area contributed by atoms with Crippen LogP contribution in [0.4, 0.5) is 5.69 Å². The van der Waals surface area contributed by atoms with E-state index in [4.69, 9.17) is 23.2 Å². The van der Waals surface area contributed by atoms with Crippen molar-refractivity contribution in [3.8, 4) is 0 Å². The van der Waals surface area contributed by atoms with Crippen molar-refractivity contribution in [3.63, 3.8) is 0 Å². The summed E-state index contributed by atoms with van der Waals surface area (Å²) in [6, 6.07) is 24.7. The van der Waals surface area contributed by atoms with Crippen molar-refractivity contribution in [1.82, 2.24) is 9.88 Å². The molecule has 0 saturated carbocycles. The van der Waals surface area contributed by atoms with Crippen molar-refractivity contribution >= 4 is 45.7 Å². The summed E-state index contributed by atoms with van der Waals surface area (Å²) in [5.74, 6) is -0.130. The largest absolute Gasteiger partial charge is 0.365 e. The van der Waals surface area contributed by atoms with Crippen LogP contribution in [0, 0.1) is 0 Å². The average Bonchev–Trinajstić information content (AvgIpc) is 2.85. The van der Waals surface area contributed by atoms with E-state index in [1.54, 1.807) is 6.07 Å². The van der Waals surface area contributed by atoms with Gasteiger partial charge in [-0.3, -0.25) is 9.59 Å². The fourth-order valence-corrected chi connectivity index (χ4v) is 4.95. The minimum atomic E-state index is -0.280. The lowest BCUT2D eigenvalue weighted by Gasteiger charge is -2.43. The fraction of sp³-hybridized carbons (Fsp3) is 0.185. The van der Waals surface area contributed by atoms with E-state index in [1.165, 1.54) is 11.6 Å². The van der Waals surface area contributed by atoms with Crippen LogP contribution < -0.4 is 10.5 Å². The molecule has 3 aromatic carbocycles. The molecular formula is C27H23Cl2N3O2. The number of fused-ring (bicyclic) bond motifs is 1. The normalized spacial score (nSPS) is 16.1. The third-order valence-electron chi connectivity index (χ3n) is 6.30. The van der Waals surface area contributed by atoms with Crippen molar-refractivity contribution in [2.75, 3.05) is 24.5 Å². The Balaban J connectivity index is 1.47. The SMILES string of the molecule is O=C(c1cc(=O)[nH]c2ccccc12)N1CCN(c2ccc(Cl)c(Cl)c2)C(Cc2ccccc2)C1. The van der Waals surface area contributed by atoms with Crippen LogP contribution in [0.5, 0.6) is 0 Å². The van der Waals surface area contributed by atoms with E-state index >= 15 is 0 Å². The number of nitrogens with one attached hydrogen (secondary N) is 1. The van der Waals surface area contributed by atoms with Crippen LogP contribution >= 0.6 is 23.2 Å². The Morgan fingerprint density at radius 3 is 2.47 bits per heavy atom. The van der Waals surface area contributed by atoms with Gasteiger partial charge in [0.25, 0.3) is 5.91 Å². The number of piperazine rings is 1. The Morgan fingerprint density at radius 2 is 1.68 bits per heavy atom. The number of aromatic nitrogens is 1. The molecule has 1 aliphatic rings. The summed E-state index contributed by atoms with van der Waals surface area (Å²) in [6.45, 7) is 1.70. The number of amides is 1. The Labute approximate surface area is 207 Å². The molecule has 1 N–H and O–H groups in total. The summed E-state index contributed by atoms with van der Waals surface area (Å²) >= 11 is 12.5. The molecule has 2 heterocycles. The first kappa shape index (κ1) is 22.5. The second kappa shape index (κ2) is 9.53. The Hall–Kier alpha value is -3.28. The van der Waals surface area contributed by atoms with Crippen LogP contribution in [0.1, 0.15) is 15.9 Å². The van der Waals surface area contributed by atoms with Gasteiger partial charge in [0, 0.05) is 42.3 Å². The number of H-pyrrole nitrogens is 1. The summed E-state index contributed by atoms with van der Waals surface area (Å²) in [7, 11) is 0. The Morgan fingerprint density at radius 1 is 0.912 bits per heavy atom. The molecule has 7 heteroatoms. The first-order valence-corrected chi connectivity index (χ1v) is 11.9. The lowest BCUT2D eigenvalue weighted by molar-refractivity contribution is 0.0723. The predicted octanol–water partition coefficient (Wildman–Crippen LogP) is 5.41. The monoisotopic (exact) mass is 491 g/mol. The molecule has 0 radical (unpaired) electrons. The van der Waals surface area contributed by atoms with E-state index in [9.17, 15) is 9.59 Å². The Kier molecular flexibility index (Phi) is 6.31. The third-order valence-corrected chi connectivity index (χ3v) is 7.04. The topological polar surface area (TPSA) is 56.4 Å². The molecule has 1 aromatic heterocycles. The molecule has 1 saturated heterocycles. The van der Waals surface area contributed by atoms with E-state index in [0.717, 1.165) is 17.5 Å². The highest BCUT2D eigenvalue weighted by Crippen LogP contribution is 2.30. The maximum Gasteiger partial charge on any atom is 0.254 e. The smallest absolute Gasteiger partial charge is 0.254 e. The van der Waals surface area contributed by atoms with Gasteiger partial charge in [0.15, 0.2) is 0 Å². The molecule has 34 heavy (non-hydrogen) atoms. The molecule has 1 atom stereocenters. The second-order valence-corrected chi connectivity index (χ2v) is 9.29. The number of hydrogen-bond donors (Lipinski definition) is 1. The van der Waals surface area contributed by atoms with E-state index < -0.39 is 0 Å². The predicted molar refractivity (Wildman–Crippen MR) is 138 cm³/mol. The Bertz CT molecular complexity index is 1400. The number of nitrogens with zero attached hydrogens (tertiary/aromatic N) is 2. The molecule has 1 fully saturated rings. The molecule has 0 spiro atoms. The van der Waals surface area contributed by atoms with Crippen molar-refractivity contribution in [3.05, 3.63) is 110 Å². The highest BCUT2D eigenvalue weighted by molar-refractivity contribution is 6.42. The number of carbonyl (C=O) groups is 1. The standard InChI is InChI=1S/C27H23Cl2N3O2/c28-23-11-10-19(15-24(23)29)32-13-12-31(17-20(32)14-18-6-2-1-3-7-18)27(34)22-16-26(33)30-25-9-5-4-8-21(22)25/h1-11,15-16,20H,12-14,17H2,(H,30,33). The van der Waals surface area contributed by atoms with Crippen molar-refractivity contribution in [2.24, 2.45) is 0 Å². The van der Waals surface area contributed by atoms with E-state index in [0.29, 0.717) is 40.8 Å². The van der Waals surface area contributed by atoms with Gasteiger partial charge in [0.05, 0.1) is 21.7 Å². The second-order valence-electron chi connectivity index (χ2n) is 8.48. The highest BCUT2D eigenvalue weighted by Gasteiger charge is 2.31. The summed E-state index contributed by atoms with van der Waals surface area (Å²) in [5, 5.41) is 1.77. The molecule has 4 aromatic rings. The number of para-hydroxylation sites is 1. The highest BCUT2D eigenvalue weighted by atomic mass is 35.5. The van der Waals surface area contributed by atoms with Gasteiger partial charge in [-0.05, 0) is 36.2 Å². The molecule has 1 unspecified atom stereocenters. The van der Waals surface area contributed by atoms with Gasteiger partial charge in [0.2, 0.25) is 5.56 Å².